The number of ether oxygens (including phenoxy) is 2. The number of hydrogen-bond donors (Lipinski definition) is 1. The zero-order valence-electron chi connectivity index (χ0n) is 13.6. The monoisotopic (exact) mass is 346 g/mol. The zero-order valence-corrected chi connectivity index (χ0v) is 13.6. The average Bonchev–Trinajstić information content (AvgIpc) is 2.58. The van der Waals surface area contributed by atoms with Crippen molar-refractivity contribution >= 4 is 5.91 Å². The summed E-state index contributed by atoms with van der Waals surface area (Å²) in [5.74, 6) is -0.313. The molecule has 134 valence electrons. The van der Waals surface area contributed by atoms with Crippen LogP contribution in [-0.2, 0) is 9.53 Å². The second-order valence-corrected chi connectivity index (χ2v) is 5.51. The van der Waals surface area contributed by atoms with E-state index in [-0.39, 0.29) is 12.1 Å². The molecule has 1 fully saturated rings. The molecule has 2 rings (SSSR count). The maximum absolute atomic E-state index is 13.4. The summed E-state index contributed by atoms with van der Waals surface area (Å²) in [5.41, 5.74) is -0.0557. The third-order valence-electron chi connectivity index (χ3n) is 3.95. The number of halogens is 3. The molecular weight excluding hydrogens is 325 g/mol. The lowest BCUT2D eigenvalue weighted by Crippen LogP contribution is -2.51. The van der Waals surface area contributed by atoms with Gasteiger partial charge in [0.2, 0.25) is 0 Å². The van der Waals surface area contributed by atoms with E-state index in [1.54, 1.807) is 0 Å². The molecule has 1 heterocycles. The van der Waals surface area contributed by atoms with E-state index in [2.05, 4.69) is 5.32 Å². The highest BCUT2D eigenvalue weighted by Gasteiger charge is 2.43. The van der Waals surface area contributed by atoms with Crippen LogP contribution in [0.5, 0.6) is 5.75 Å². The van der Waals surface area contributed by atoms with Crippen molar-refractivity contribution in [2.75, 3.05) is 33.4 Å². The van der Waals surface area contributed by atoms with Crippen LogP contribution in [0.25, 0.3) is 0 Å². The molecule has 8 heteroatoms. The average molecular weight is 346 g/mol. The molecule has 2 atom stereocenters. The topological polar surface area (TPSA) is 50.8 Å². The standard InChI is InChI=1S/C16H21F3N2O3/c1-3-21-8-9-24-13(10-21)15(22)20-14(16(17,18)19)11-4-6-12(23-2)7-5-11/h4-7,13-14H,3,8-10H2,1-2H3,(H,20,22)/t13-,14+/m0/s1. The minimum Gasteiger partial charge on any atom is -0.497 e. The highest BCUT2D eigenvalue weighted by Crippen LogP contribution is 2.33. The van der Waals surface area contributed by atoms with Gasteiger partial charge in [-0.2, -0.15) is 13.2 Å². The summed E-state index contributed by atoms with van der Waals surface area (Å²) in [6, 6.07) is 3.34. The first-order valence-corrected chi connectivity index (χ1v) is 7.70. The summed E-state index contributed by atoms with van der Waals surface area (Å²) in [6.07, 6.45) is -5.51. The zero-order chi connectivity index (χ0) is 17.7. The molecule has 1 saturated heterocycles. The number of nitrogens with zero attached hydrogens (tertiary/aromatic N) is 1. The van der Waals surface area contributed by atoms with E-state index in [0.29, 0.717) is 25.4 Å². The molecule has 0 saturated carbocycles. The fourth-order valence-electron chi connectivity index (χ4n) is 2.53. The maximum atomic E-state index is 13.4. The fourth-order valence-corrected chi connectivity index (χ4v) is 2.53. The van der Waals surface area contributed by atoms with E-state index in [1.165, 1.54) is 31.4 Å². The summed E-state index contributed by atoms with van der Waals surface area (Å²) in [5, 5.41) is 2.07. The Morgan fingerprint density at radius 2 is 2.08 bits per heavy atom. The number of carbonyl (C=O) groups is 1. The van der Waals surface area contributed by atoms with Crippen LogP contribution in [0.15, 0.2) is 24.3 Å². The molecule has 1 aliphatic rings. The minimum absolute atomic E-state index is 0.0557. The smallest absolute Gasteiger partial charge is 0.412 e. The van der Waals surface area contributed by atoms with E-state index in [9.17, 15) is 18.0 Å². The molecule has 0 spiro atoms. The second kappa shape index (κ2) is 7.85. The Morgan fingerprint density at radius 3 is 2.62 bits per heavy atom. The van der Waals surface area contributed by atoms with Gasteiger partial charge in [0, 0.05) is 13.1 Å². The van der Waals surface area contributed by atoms with Crippen molar-refractivity contribution in [2.24, 2.45) is 0 Å². The number of benzene rings is 1. The van der Waals surface area contributed by atoms with Crippen LogP contribution in [0.1, 0.15) is 18.5 Å². The summed E-state index contributed by atoms with van der Waals surface area (Å²) in [4.78, 5) is 14.2. The fraction of sp³-hybridized carbons (Fsp3) is 0.562. The van der Waals surface area contributed by atoms with Gasteiger partial charge < -0.3 is 14.8 Å². The van der Waals surface area contributed by atoms with Gasteiger partial charge in [0.05, 0.1) is 13.7 Å². The molecule has 1 amide bonds. The number of rotatable bonds is 5. The Hall–Kier alpha value is -1.80. The molecule has 0 radical (unpaired) electrons. The first-order chi connectivity index (χ1) is 11.3. The van der Waals surface area contributed by atoms with Crippen LogP contribution in [-0.4, -0.2) is 56.4 Å². The molecule has 24 heavy (non-hydrogen) atoms. The van der Waals surface area contributed by atoms with Crippen LogP contribution in [0.2, 0.25) is 0 Å². The molecule has 0 aliphatic carbocycles. The van der Waals surface area contributed by atoms with Crippen molar-refractivity contribution in [1.82, 2.24) is 10.2 Å². The van der Waals surface area contributed by atoms with Gasteiger partial charge in [0.25, 0.3) is 5.91 Å². The summed E-state index contributed by atoms with van der Waals surface area (Å²) in [7, 11) is 1.43. The number of alkyl halides is 3. The summed E-state index contributed by atoms with van der Waals surface area (Å²) < 4.78 is 50.3. The molecule has 1 aromatic carbocycles. The Morgan fingerprint density at radius 1 is 1.42 bits per heavy atom. The first-order valence-electron chi connectivity index (χ1n) is 7.70. The maximum Gasteiger partial charge on any atom is 0.412 e. The Labute approximate surface area is 138 Å². The van der Waals surface area contributed by atoms with Crippen LogP contribution in [0.4, 0.5) is 13.2 Å². The predicted octanol–water partition coefficient (Wildman–Crippen LogP) is 2.14. The quantitative estimate of drug-likeness (QED) is 0.888. The number of amides is 1. The van der Waals surface area contributed by atoms with Crippen LogP contribution in [0.3, 0.4) is 0 Å². The molecule has 1 aromatic rings. The molecule has 0 aromatic heterocycles. The lowest BCUT2D eigenvalue weighted by molar-refractivity contribution is -0.168. The lowest BCUT2D eigenvalue weighted by atomic mass is 10.1. The molecule has 1 N–H and O–H groups in total. The van der Waals surface area contributed by atoms with E-state index in [0.717, 1.165) is 0 Å². The molecular formula is C16H21F3N2O3. The van der Waals surface area contributed by atoms with Gasteiger partial charge >= 0.3 is 6.18 Å². The Bertz CT molecular complexity index is 548. The lowest BCUT2D eigenvalue weighted by Gasteiger charge is -2.32. The van der Waals surface area contributed by atoms with Crippen molar-refractivity contribution in [1.29, 1.82) is 0 Å². The Kier molecular flexibility index (Phi) is 6.06. The van der Waals surface area contributed by atoms with E-state index in [1.807, 2.05) is 11.8 Å². The predicted molar refractivity (Wildman–Crippen MR) is 81.8 cm³/mol. The van der Waals surface area contributed by atoms with Crippen LogP contribution >= 0.6 is 0 Å². The van der Waals surface area contributed by atoms with Crippen molar-refractivity contribution in [3.8, 4) is 5.75 Å². The van der Waals surface area contributed by atoms with Gasteiger partial charge in [-0.25, -0.2) is 0 Å². The van der Waals surface area contributed by atoms with Crippen molar-refractivity contribution in [3.05, 3.63) is 29.8 Å². The van der Waals surface area contributed by atoms with Gasteiger partial charge in [0.15, 0.2) is 6.04 Å². The van der Waals surface area contributed by atoms with Crippen LogP contribution < -0.4 is 10.1 Å². The van der Waals surface area contributed by atoms with E-state index >= 15 is 0 Å². The van der Waals surface area contributed by atoms with Gasteiger partial charge in [0.1, 0.15) is 11.9 Å². The Balaban J connectivity index is 2.12. The number of hydrogen-bond acceptors (Lipinski definition) is 4. The SMILES string of the molecule is CCN1CCO[C@H](C(=O)N[C@H](c2ccc(OC)cc2)C(F)(F)F)C1. The van der Waals surface area contributed by atoms with Crippen molar-refractivity contribution < 1.29 is 27.4 Å². The summed E-state index contributed by atoms with van der Waals surface area (Å²) in [6.45, 7) is 3.92. The highest BCUT2D eigenvalue weighted by molar-refractivity contribution is 5.81. The van der Waals surface area contributed by atoms with Gasteiger partial charge in [-0.05, 0) is 24.2 Å². The largest absolute Gasteiger partial charge is 0.497 e. The van der Waals surface area contributed by atoms with Crippen molar-refractivity contribution in [3.63, 3.8) is 0 Å². The third kappa shape index (κ3) is 4.61. The van der Waals surface area contributed by atoms with Gasteiger partial charge in [-0.15, -0.1) is 0 Å². The normalized spacial score (nSPS) is 20.5. The van der Waals surface area contributed by atoms with E-state index < -0.39 is 24.2 Å². The molecule has 0 bridgehead atoms. The number of carbonyl (C=O) groups excluding carboxylic acids is 1. The molecule has 1 aliphatic heterocycles. The van der Waals surface area contributed by atoms with E-state index in [4.69, 9.17) is 9.47 Å². The first kappa shape index (κ1) is 18.5. The summed E-state index contributed by atoms with van der Waals surface area (Å²) >= 11 is 0. The molecule has 0 unspecified atom stereocenters. The second-order valence-electron chi connectivity index (χ2n) is 5.51. The molecule has 5 nitrogen and oxygen atoms in total. The van der Waals surface area contributed by atoms with Crippen LogP contribution in [0, 0.1) is 0 Å². The van der Waals surface area contributed by atoms with Gasteiger partial charge in [-0.3, -0.25) is 9.69 Å². The highest BCUT2D eigenvalue weighted by atomic mass is 19.4. The number of morpholine rings is 1. The minimum atomic E-state index is -4.61. The number of methoxy groups -OCH3 is 1. The number of nitrogens with one attached hydrogen (secondary N) is 1. The third-order valence-corrected chi connectivity index (χ3v) is 3.95. The van der Waals surface area contributed by atoms with Crippen molar-refractivity contribution in [2.45, 2.75) is 25.2 Å². The number of likely N-dealkylation sites (N-methyl/N-ethyl adjacent to an activating group) is 1. The van der Waals surface area contributed by atoms with Gasteiger partial charge in [-0.1, -0.05) is 19.1 Å².